The van der Waals surface area contributed by atoms with E-state index in [1.54, 1.807) is 5.32 Å². The fraction of sp³-hybridized carbons (Fsp3) is 0.200. The molecule has 19 heavy (non-hydrogen) atoms. The monoisotopic (exact) mass is 279 g/mol. The van der Waals surface area contributed by atoms with Gasteiger partial charge in [0.25, 0.3) is 5.91 Å². The van der Waals surface area contributed by atoms with Crippen LogP contribution in [0.15, 0.2) is 6.07 Å². The number of aliphatic hydroxyl groups is 1. The van der Waals surface area contributed by atoms with Crippen molar-refractivity contribution in [2.24, 2.45) is 0 Å². The number of benzene rings is 1. The molecule has 0 aliphatic carbocycles. The zero-order valence-corrected chi connectivity index (χ0v) is 9.15. The summed E-state index contributed by atoms with van der Waals surface area (Å²) >= 11 is 0. The molecule has 0 radical (unpaired) electrons. The Labute approximate surface area is 104 Å². The smallest absolute Gasteiger partial charge is 0.328 e. The average Bonchev–Trinajstić information content (AvgIpc) is 2.36. The molecule has 0 spiro atoms. The van der Waals surface area contributed by atoms with Crippen LogP contribution < -0.4 is 5.32 Å². The van der Waals surface area contributed by atoms with Crippen molar-refractivity contribution in [3.05, 3.63) is 29.1 Å². The van der Waals surface area contributed by atoms with E-state index in [0.717, 1.165) is 0 Å². The van der Waals surface area contributed by atoms with Crippen LogP contribution in [0.2, 0.25) is 0 Å². The molecule has 6 nitrogen and oxygen atoms in total. The maximum atomic E-state index is 13.3. The number of carbonyl (C=O) groups is 2. The predicted octanol–water partition coefficient (Wildman–Crippen LogP) is -0.0152. The van der Waals surface area contributed by atoms with Crippen molar-refractivity contribution < 1.29 is 38.1 Å². The molecule has 0 fully saturated rings. The molecule has 0 saturated heterocycles. The summed E-state index contributed by atoms with van der Waals surface area (Å²) in [5.41, 5.74) is -1.09. The molecule has 1 aromatic carbocycles. The minimum atomic E-state index is -1.87. The molecule has 0 unspecified atom stereocenters. The van der Waals surface area contributed by atoms with Crippen molar-refractivity contribution in [2.45, 2.75) is 6.04 Å². The Morgan fingerprint density at radius 1 is 1.26 bits per heavy atom. The second-order valence-corrected chi connectivity index (χ2v) is 3.43. The second kappa shape index (κ2) is 5.57. The zero-order chi connectivity index (χ0) is 14.7. The van der Waals surface area contributed by atoms with E-state index in [-0.39, 0.29) is 6.07 Å². The molecule has 1 rings (SSSR count). The summed E-state index contributed by atoms with van der Waals surface area (Å²) < 4.78 is 39.0. The highest BCUT2D eigenvalue weighted by Crippen LogP contribution is 2.25. The molecule has 0 aliphatic rings. The number of carboxylic acid groups (broad SMARTS) is 1. The van der Waals surface area contributed by atoms with Crippen molar-refractivity contribution in [2.75, 3.05) is 6.61 Å². The van der Waals surface area contributed by atoms with Gasteiger partial charge in [-0.25, -0.2) is 13.6 Å². The number of aromatic hydroxyl groups is 1. The lowest BCUT2D eigenvalue weighted by Gasteiger charge is -2.12. The Morgan fingerprint density at radius 2 is 1.84 bits per heavy atom. The number of halogens is 3. The molecule has 9 heteroatoms. The Morgan fingerprint density at radius 3 is 2.32 bits per heavy atom. The summed E-state index contributed by atoms with van der Waals surface area (Å²) in [6.45, 7) is -0.988. The zero-order valence-electron chi connectivity index (χ0n) is 9.15. The largest absolute Gasteiger partial charge is 0.503 e. The Balaban J connectivity index is 3.11. The Kier molecular flexibility index (Phi) is 4.33. The number of hydrogen-bond acceptors (Lipinski definition) is 4. The van der Waals surface area contributed by atoms with Gasteiger partial charge in [-0.3, -0.25) is 4.79 Å². The van der Waals surface area contributed by atoms with Crippen LogP contribution in [0.1, 0.15) is 10.4 Å². The molecule has 0 aliphatic heterocycles. The topological polar surface area (TPSA) is 107 Å². The molecule has 0 saturated carbocycles. The summed E-state index contributed by atoms with van der Waals surface area (Å²) in [7, 11) is 0. The fourth-order valence-electron chi connectivity index (χ4n) is 1.18. The van der Waals surface area contributed by atoms with Crippen LogP contribution in [0.3, 0.4) is 0 Å². The Bertz CT molecular complexity index is 534. The summed E-state index contributed by atoms with van der Waals surface area (Å²) in [6, 6.07) is -1.59. The van der Waals surface area contributed by atoms with Crippen molar-refractivity contribution >= 4 is 11.9 Å². The van der Waals surface area contributed by atoms with Gasteiger partial charge >= 0.3 is 5.97 Å². The van der Waals surface area contributed by atoms with Gasteiger partial charge in [0.05, 0.1) is 12.2 Å². The van der Waals surface area contributed by atoms with E-state index in [4.69, 9.17) is 15.3 Å². The number of phenolic OH excluding ortho intramolecular Hbond substituents is 1. The molecular weight excluding hydrogens is 271 g/mol. The van der Waals surface area contributed by atoms with Crippen LogP contribution in [0, 0.1) is 17.5 Å². The molecule has 1 atom stereocenters. The first kappa shape index (κ1) is 14.8. The van der Waals surface area contributed by atoms with Crippen molar-refractivity contribution in [3.8, 4) is 5.75 Å². The summed E-state index contributed by atoms with van der Waals surface area (Å²) in [6.07, 6.45) is 0. The van der Waals surface area contributed by atoms with E-state index in [0.29, 0.717) is 0 Å². The van der Waals surface area contributed by atoms with Crippen LogP contribution in [-0.2, 0) is 4.79 Å². The number of carboxylic acids is 1. The quantitative estimate of drug-likeness (QED) is 0.580. The highest BCUT2D eigenvalue weighted by Gasteiger charge is 2.25. The highest BCUT2D eigenvalue weighted by atomic mass is 19.2. The van der Waals surface area contributed by atoms with Crippen LogP contribution >= 0.6 is 0 Å². The number of phenols is 1. The number of hydrogen-bond donors (Lipinski definition) is 4. The fourth-order valence-corrected chi connectivity index (χ4v) is 1.18. The van der Waals surface area contributed by atoms with Gasteiger partial charge in [-0.05, 0) is 6.07 Å². The molecule has 4 N–H and O–H groups in total. The molecular formula is C10H8F3NO5. The number of rotatable bonds is 4. The van der Waals surface area contributed by atoms with Crippen LogP contribution in [0.5, 0.6) is 5.75 Å². The second-order valence-electron chi connectivity index (χ2n) is 3.43. The first-order valence-corrected chi connectivity index (χ1v) is 4.80. The van der Waals surface area contributed by atoms with Gasteiger partial charge in [-0.2, -0.15) is 4.39 Å². The first-order valence-electron chi connectivity index (χ1n) is 4.80. The van der Waals surface area contributed by atoms with E-state index in [1.807, 2.05) is 0 Å². The standard InChI is InChI=1S/C10H8F3NO5/c11-4-1-3(6(12)8(16)7(4)13)9(17)14-5(2-15)10(18)19/h1,5,15-16H,2H2,(H,14,17)(H,18,19)/t5-/m0/s1. The maximum absolute atomic E-state index is 13.3. The number of carbonyl (C=O) groups excluding carboxylic acids is 1. The van der Waals surface area contributed by atoms with Gasteiger partial charge in [0.2, 0.25) is 5.82 Å². The maximum Gasteiger partial charge on any atom is 0.328 e. The molecule has 0 heterocycles. The van der Waals surface area contributed by atoms with Gasteiger partial charge in [-0.1, -0.05) is 0 Å². The van der Waals surface area contributed by atoms with E-state index in [2.05, 4.69) is 0 Å². The number of amides is 1. The lowest BCUT2D eigenvalue weighted by Crippen LogP contribution is -2.43. The third-order valence-corrected chi connectivity index (χ3v) is 2.16. The summed E-state index contributed by atoms with van der Waals surface area (Å²) in [5.74, 6) is -10.0. The van der Waals surface area contributed by atoms with Gasteiger partial charge in [0.1, 0.15) is 0 Å². The molecule has 1 amide bonds. The number of nitrogens with one attached hydrogen (secondary N) is 1. The van der Waals surface area contributed by atoms with Gasteiger partial charge < -0.3 is 20.6 Å². The van der Waals surface area contributed by atoms with E-state index in [9.17, 15) is 22.8 Å². The van der Waals surface area contributed by atoms with Crippen molar-refractivity contribution in [3.63, 3.8) is 0 Å². The molecule has 0 bridgehead atoms. The third kappa shape index (κ3) is 2.94. The highest BCUT2D eigenvalue weighted by molar-refractivity contribution is 5.97. The Hall–Kier alpha value is -2.29. The summed E-state index contributed by atoms with van der Waals surface area (Å²) in [5, 5.41) is 27.7. The summed E-state index contributed by atoms with van der Waals surface area (Å²) in [4.78, 5) is 21.9. The molecule has 104 valence electrons. The van der Waals surface area contributed by atoms with E-state index >= 15 is 0 Å². The van der Waals surface area contributed by atoms with Gasteiger partial charge in [0.15, 0.2) is 23.4 Å². The van der Waals surface area contributed by atoms with Gasteiger partial charge in [-0.15, -0.1) is 0 Å². The van der Waals surface area contributed by atoms with Crippen LogP contribution in [0.4, 0.5) is 13.2 Å². The SMILES string of the molecule is O=C(N[C@@H](CO)C(=O)O)c1cc(F)c(F)c(O)c1F. The van der Waals surface area contributed by atoms with E-state index < -0.39 is 53.3 Å². The minimum Gasteiger partial charge on any atom is -0.503 e. The molecule has 1 aromatic rings. The van der Waals surface area contributed by atoms with Crippen molar-refractivity contribution in [1.29, 1.82) is 0 Å². The lowest BCUT2D eigenvalue weighted by molar-refractivity contribution is -0.140. The normalized spacial score (nSPS) is 12.0. The molecule has 0 aromatic heterocycles. The third-order valence-electron chi connectivity index (χ3n) is 2.16. The lowest BCUT2D eigenvalue weighted by atomic mass is 10.1. The number of aliphatic carboxylic acids is 1. The van der Waals surface area contributed by atoms with Crippen molar-refractivity contribution in [1.82, 2.24) is 5.32 Å². The van der Waals surface area contributed by atoms with Gasteiger partial charge in [0, 0.05) is 0 Å². The average molecular weight is 279 g/mol. The minimum absolute atomic E-state index is 0.163. The predicted molar refractivity (Wildman–Crippen MR) is 54.0 cm³/mol. The van der Waals surface area contributed by atoms with Crippen LogP contribution in [0.25, 0.3) is 0 Å². The van der Waals surface area contributed by atoms with E-state index in [1.165, 1.54) is 0 Å². The van der Waals surface area contributed by atoms with Crippen LogP contribution in [-0.4, -0.2) is 39.8 Å². The first-order chi connectivity index (χ1) is 8.79. The number of aliphatic hydroxyl groups excluding tert-OH is 1.